The van der Waals surface area contributed by atoms with Gasteiger partial charge in [0.1, 0.15) is 16.7 Å². The van der Waals surface area contributed by atoms with E-state index in [-0.39, 0.29) is 0 Å². The first-order chi connectivity index (χ1) is 7.84. The van der Waals surface area contributed by atoms with E-state index in [1.807, 2.05) is 0 Å². The number of nitrogens with zero attached hydrogens (tertiary/aromatic N) is 4. The lowest BCUT2D eigenvalue weighted by molar-refractivity contribution is 0.122. The Morgan fingerprint density at radius 2 is 2.12 bits per heavy atom. The summed E-state index contributed by atoms with van der Waals surface area (Å²) in [5.41, 5.74) is 0.876. The zero-order valence-corrected chi connectivity index (χ0v) is 10.8. The number of morpholine rings is 1. The van der Waals surface area contributed by atoms with Crippen LogP contribution < -0.4 is 4.90 Å². The second kappa shape index (κ2) is 4.23. The van der Waals surface area contributed by atoms with Crippen LogP contribution in [0, 0.1) is 0 Å². The van der Waals surface area contributed by atoms with Crippen molar-refractivity contribution in [2.45, 2.75) is 0 Å². The number of ether oxygens (including phenoxy) is 1. The molecule has 0 aromatic carbocycles. The molecule has 0 N–H and O–H groups in total. The monoisotopic (exact) mass is 300 g/mol. The van der Waals surface area contributed by atoms with Gasteiger partial charge in [-0.15, -0.1) is 0 Å². The molecule has 3 heterocycles. The third kappa shape index (κ3) is 1.79. The topological polar surface area (TPSA) is 51.1 Å². The quantitative estimate of drug-likeness (QED) is 0.802. The molecule has 16 heavy (non-hydrogen) atoms. The summed E-state index contributed by atoms with van der Waals surface area (Å²) in [5.74, 6) is 0.912. The number of hydrogen-bond donors (Lipinski definition) is 0. The number of aromatic nitrogens is 3. The lowest BCUT2D eigenvalue weighted by Crippen LogP contribution is -2.36. The molecule has 0 aliphatic carbocycles. The molecule has 3 rings (SSSR count). The minimum atomic E-state index is 0.747. The van der Waals surface area contributed by atoms with E-state index in [1.165, 1.54) is 11.3 Å². The molecule has 1 saturated heterocycles. The van der Waals surface area contributed by atoms with E-state index in [9.17, 15) is 0 Å². The van der Waals surface area contributed by atoms with Crippen LogP contribution in [0.2, 0.25) is 0 Å². The molecule has 1 aliphatic rings. The summed E-state index contributed by atoms with van der Waals surface area (Å²) in [4.78, 5) is 16.1. The first-order valence-electron chi connectivity index (χ1n) is 4.94. The Labute approximate surface area is 105 Å². The van der Waals surface area contributed by atoms with E-state index in [4.69, 9.17) is 4.74 Å². The SMILES string of the molecule is Brc1nc2c(N3CCOCC3)ncnc2s1. The molecule has 0 amide bonds. The molecule has 84 valence electrons. The number of hydrogen-bond acceptors (Lipinski definition) is 6. The van der Waals surface area contributed by atoms with Crippen LogP contribution in [-0.2, 0) is 4.74 Å². The zero-order valence-electron chi connectivity index (χ0n) is 8.39. The molecule has 0 saturated carbocycles. The Morgan fingerprint density at radius 1 is 1.31 bits per heavy atom. The Bertz CT molecular complexity index is 511. The molecule has 1 aliphatic heterocycles. The van der Waals surface area contributed by atoms with Gasteiger partial charge in [0.25, 0.3) is 0 Å². The minimum absolute atomic E-state index is 0.747. The van der Waals surface area contributed by atoms with E-state index in [1.54, 1.807) is 6.33 Å². The van der Waals surface area contributed by atoms with Crippen LogP contribution in [0.1, 0.15) is 0 Å². The van der Waals surface area contributed by atoms with E-state index in [0.29, 0.717) is 0 Å². The van der Waals surface area contributed by atoms with Gasteiger partial charge in [-0.2, -0.15) is 0 Å². The standard InChI is InChI=1S/C9H9BrN4OS/c10-9-13-6-7(11-5-12-8(6)16-9)14-1-3-15-4-2-14/h5H,1-4H2. The largest absolute Gasteiger partial charge is 0.378 e. The molecule has 0 spiro atoms. The summed E-state index contributed by atoms with van der Waals surface area (Å²) < 4.78 is 6.17. The van der Waals surface area contributed by atoms with E-state index in [0.717, 1.165) is 46.4 Å². The first-order valence-corrected chi connectivity index (χ1v) is 6.55. The van der Waals surface area contributed by atoms with E-state index in [2.05, 4.69) is 35.8 Å². The highest BCUT2D eigenvalue weighted by atomic mass is 79.9. The second-order valence-corrected chi connectivity index (χ2v) is 5.67. The molecule has 2 aromatic heterocycles. The Balaban J connectivity index is 2.07. The maximum atomic E-state index is 5.33. The zero-order chi connectivity index (χ0) is 11.0. The third-order valence-corrected chi connectivity index (χ3v) is 3.88. The van der Waals surface area contributed by atoms with Crippen LogP contribution in [0.4, 0.5) is 5.82 Å². The fourth-order valence-electron chi connectivity index (χ4n) is 1.72. The number of fused-ring (bicyclic) bond motifs is 1. The lowest BCUT2D eigenvalue weighted by atomic mass is 10.4. The Hall–Kier alpha value is -0.790. The van der Waals surface area contributed by atoms with Gasteiger partial charge < -0.3 is 9.64 Å². The van der Waals surface area contributed by atoms with Crippen LogP contribution in [0.15, 0.2) is 10.2 Å². The summed E-state index contributed by atoms with van der Waals surface area (Å²) in [7, 11) is 0. The summed E-state index contributed by atoms with van der Waals surface area (Å²) in [6.07, 6.45) is 1.59. The number of thiazole rings is 1. The average Bonchev–Trinajstić information content (AvgIpc) is 2.70. The predicted octanol–water partition coefficient (Wildman–Crippen LogP) is 1.69. The van der Waals surface area contributed by atoms with Crippen molar-refractivity contribution in [1.29, 1.82) is 0 Å². The van der Waals surface area contributed by atoms with Crippen LogP contribution in [0.25, 0.3) is 10.3 Å². The second-order valence-electron chi connectivity index (χ2n) is 3.42. The van der Waals surface area contributed by atoms with E-state index < -0.39 is 0 Å². The molecule has 7 heteroatoms. The first kappa shape index (κ1) is 10.4. The highest BCUT2D eigenvalue weighted by Gasteiger charge is 2.17. The van der Waals surface area contributed by atoms with E-state index >= 15 is 0 Å². The van der Waals surface area contributed by atoms with Gasteiger partial charge in [-0.05, 0) is 15.9 Å². The van der Waals surface area contributed by atoms with Crippen molar-refractivity contribution < 1.29 is 4.74 Å². The van der Waals surface area contributed by atoms with Crippen LogP contribution in [0.3, 0.4) is 0 Å². The molecule has 0 atom stereocenters. The van der Waals surface area contributed by atoms with Gasteiger partial charge in [0, 0.05) is 13.1 Å². The van der Waals surface area contributed by atoms with Gasteiger partial charge >= 0.3 is 0 Å². The minimum Gasteiger partial charge on any atom is -0.378 e. The summed E-state index contributed by atoms with van der Waals surface area (Å²) in [5, 5.41) is 0. The van der Waals surface area contributed by atoms with Crippen molar-refractivity contribution in [3.05, 3.63) is 10.2 Å². The molecule has 5 nitrogen and oxygen atoms in total. The smallest absolute Gasteiger partial charge is 0.161 e. The van der Waals surface area contributed by atoms with Crippen LogP contribution >= 0.6 is 27.3 Å². The van der Waals surface area contributed by atoms with Crippen molar-refractivity contribution in [2.75, 3.05) is 31.2 Å². The van der Waals surface area contributed by atoms with Crippen LogP contribution in [-0.4, -0.2) is 41.3 Å². The summed E-state index contributed by atoms with van der Waals surface area (Å²) >= 11 is 4.91. The molecule has 0 unspecified atom stereocenters. The summed E-state index contributed by atoms with van der Waals surface area (Å²) in [6, 6.07) is 0. The maximum absolute atomic E-state index is 5.33. The molecule has 1 fully saturated rings. The van der Waals surface area contributed by atoms with Crippen molar-refractivity contribution >= 4 is 43.4 Å². The number of halogens is 1. The normalized spacial score (nSPS) is 16.9. The third-order valence-electron chi connectivity index (χ3n) is 2.46. The average molecular weight is 301 g/mol. The Morgan fingerprint density at radius 3 is 2.94 bits per heavy atom. The molecule has 0 bridgehead atoms. The summed E-state index contributed by atoms with van der Waals surface area (Å²) in [6.45, 7) is 3.22. The number of anilines is 1. The van der Waals surface area contributed by atoms with Crippen molar-refractivity contribution in [3.63, 3.8) is 0 Å². The fourth-order valence-corrected chi connectivity index (χ4v) is 2.99. The predicted molar refractivity (Wildman–Crippen MR) is 65.9 cm³/mol. The molecular formula is C9H9BrN4OS. The van der Waals surface area contributed by atoms with Gasteiger partial charge in [0.05, 0.1) is 13.2 Å². The molecular weight excluding hydrogens is 292 g/mol. The van der Waals surface area contributed by atoms with Gasteiger partial charge in [-0.3, -0.25) is 0 Å². The highest BCUT2D eigenvalue weighted by molar-refractivity contribution is 9.11. The van der Waals surface area contributed by atoms with Gasteiger partial charge in [-0.1, -0.05) is 11.3 Å². The van der Waals surface area contributed by atoms with Gasteiger partial charge in [-0.25, -0.2) is 15.0 Å². The van der Waals surface area contributed by atoms with Crippen LogP contribution in [0.5, 0.6) is 0 Å². The fraction of sp³-hybridized carbons (Fsp3) is 0.444. The van der Waals surface area contributed by atoms with Crippen molar-refractivity contribution in [2.24, 2.45) is 0 Å². The Kier molecular flexibility index (Phi) is 2.74. The molecule has 2 aromatic rings. The lowest BCUT2D eigenvalue weighted by Gasteiger charge is -2.27. The van der Waals surface area contributed by atoms with Crippen molar-refractivity contribution in [3.8, 4) is 0 Å². The number of rotatable bonds is 1. The van der Waals surface area contributed by atoms with Gasteiger partial charge in [0.2, 0.25) is 0 Å². The molecule has 0 radical (unpaired) electrons. The maximum Gasteiger partial charge on any atom is 0.161 e. The highest BCUT2D eigenvalue weighted by Crippen LogP contribution is 2.29. The van der Waals surface area contributed by atoms with Gasteiger partial charge in [0.15, 0.2) is 9.73 Å². The van der Waals surface area contributed by atoms with Crippen molar-refractivity contribution in [1.82, 2.24) is 15.0 Å².